The standard InChI is InChI=1S/C10H12N4OS/c11-7-1-2-8(10-9(7)13-15-14-10)12-6-3-4-16-5-6/h1-2,6,12H,3-5,11H2. The Balaban J connectivity index is 1.96. The van der Waals surface area contributed by atoms with Crippen LogP contribution in [0.3, 0.4) is 0 Å². The minimum atomic E-state index is 0.508. The Labute approximate surface area is 96.7 Å². The molecule has 0 bridgehead atoms. The summed E-state index contributed by atoms with van der Waals surface area (Å²) >= 11 is 1.97. The molecular formula is C10H12N4OS. The normalized spacial score (nSPS) is 20.4. The zero-order valence-electron chi connectivity index (χ0n) is 8.64. The molecule has 16 heavy (non-hydrogen) atoms. The van der Waals surface area contributed by atoms with Crippen molar-refractivity contribution in [2.75, 3.05) is 22.6 Å². The van der Waals surface area contributed by atoms with Crippen LogP contribution < -0.4 is 11.1 Å². The summed E-state index contributed by atoms with van der Waals surface area (Å²) in [4.78, 5) is 0. The zero-order valence-corrected chi connectivity index (χ0v) is 9.46. The van der Waals surface area contributed by atoms with Crippen LogP contribution in [0.15, 0.2) is 16.8 Å². The highest BCUT2D eigenvalue weighted by Crippen LogP contribution is 2.28. The first kappa shape index (κ1) is 9.77. The fourth-order valence-electron chi connectivity index (χ4n) is 1.87. The van der Waals surface area contributed by atoms with Crippen molar-refractivity contribution in [2.24, 2.45) is 0 Å². The number of nitrogens with one attached hydrogen (secondary N) is 1. The second-order valence-corrected chi connectivity index (χ2v) is 5.02. The summed E-state index contributed by atoms with van der Waals surface area (Å²) in [5.74, 6) is 2.35. The van der Waals surface area contributed by atoms with E-state index in [-0.39, 0.29) is 0 Å². The van der Waals surface area contributed by atoms with Gasteiger partial charge in [-0.25, -0.2) is 4.63 Å². The molecule has 6 heteroatoms. The van der Waals surface area contributed by atoms with Crippen LogP contribution in [-0.4, -0.2) is 27.9 Å². The van der Waals surface area contributed by atoms with Gasteiger partial charge in [-0.1, -0.05) is 0 Å². The van der Waals surface area contributed by atoms with E-state index in [1.807, 2.05) is 23.9 Å². The number of fused-ring (bicyclic) bond motifs is 1. The number of anilines is 2. The molecule has 2 aromatic rings. The largest absolute Gasteiger partial charge is 0.397 e. The fraction of sp³-hybridized carbons (Fsp3) is 0.400. The van der Waals surface area contributed by atoms with Crippen molar-refractivity contribution in [3.05, 3.63) is 12.1 Å². The van der Waals surface area contributed by atoms with Crippen molar-refractivity contribution in [2.45, 2.75) is 12.5 Å². The Morgan fingerprint density at radius 2 is 2.25 bits per heavy atom. The lowest BCUT2D eigenvalue weighted by atomic mass is 10.2. The highest BCUT2D eigenvalue weighted by Gasteiger charge is 2.17. The third-order valence-electron chi connectivity index (χ3n) is 2.74. The van der Waals surface area contributed by atoms with Crippen LogP contribution in [0, 0.1) is 0 Å². The van der Waals surface area contributed by atoms with Crippen LogP contribution in [0.1, 0.15) is 6.42 Å². The molecule has 0 spiro atoms. The van der Waals surface area contributed by atoms with E-state index in [9.17, 15) is 0 Å². The molecule has 1 fully saturated rings. The topological polar surface area (TPSA) is 77.0 Å². The number of nitrogen functional groups attached to an aromatic ring is 1. The fourth-order valence-corrected chi connectivity index (χ4v) is 3.02. The maximum absolute atomic E-state index is 5.78. The number of aromatic nitrogens is 2. The van der Waals surface area contributed by atoms with Crippen LogP contribution in [0.4, 0.5) is 11.4 Å². The Morgan fingerprint density at radius 3 is 3.06 bits per heavy atom. The summed E-state index contributed by atoms with van der Waals surface area (Å²) in [6, 6.07) is 4.27. The van der Waals surface area contributed by atoms with Crippen molar-refractivity contribution in [3.8, 4) is 0 Å². The van der Waals surface area contributed by atoms with E-state index in [1.54, 1.807) is 0 Å². The van der Waals surface area contributed by atoms with E-state index >= 15 is 0 Å². The first-order chi connectivity index (χ1) is 7.84. The van der Waals surface area contributed by atoms with Crippen molar-refractivity contribution >= 4 is 34.2 Å². The van der Waals surface area contributed by atoms with Crippen molar-refractivity contribution in [3.63, 3.8) is 0 Å². The Hall–Kier alpha value is -1.43. The molecule has 1 saturated heterocycles. The van der Waals surface area contributed by atoms with E-state index in [1.165, 1.54) is 12.2 Å². The quantitative estimate of drug-likeness (QED) is 0.773. The maximum atomic E-state index is 5.78. The van der Waals surface area contributed by atoms with Gasteiger partial charge in [0.05, 0.1) is 11.4 Å². The molecule has 1 aliphatic heterocycles. The molecule has 3 rings (SSSR count). The first-order valence-electron chi connectivity index (χ1n) is 5.19. The molecule has 1 aromatic carbocycles. The van der Waals surface area contributed by atoms with Gasteiger partial charge < -0.3 is 11.1 Å². The van der Waals surface area contributed by atoms with Gasteiger partial charge in [0, 0.05) is 11.8 Å². The molecule has 84 valence electrons. The molecule has 5 nitrogen and oxygen atoms in total. The maximum Gasteiger partial charge on any atom is 0.160 e. The van der Waals surface area contributed by atoms with Crippen molar-refractivity contribution in [1.29, 1.82) is 0 Å². The van der Waals surface area contributed by atoms with Crippen LogP contribution in [0.2, 0.25) is 0 Å². The van der Waals surface area contributed by atoms with Crippen molar-refractivity contribution in [1.82, 2.24) is 10.3 Å². The molecule has 1 aliphatic rings. The van der Waals surface area contributed by atoms with Crippen molar-refractivity contribution < 1.29 is 4.63 Å². The highest BCUT2D eigenvalue weighted by atomic mass is 32.2. The van der Waals surface area contributed by atoms with Gasteiger partial charge in [0.2, 0.25) is 0 Å². The monoisotopic (exact) mass is 236 g/mol. The van der Waals surface area contributed by atoms with E-state index in [0.29, 0.717) is 17.2 Å². The SMILES string of the molecule is Nc1ccc(NC2CCSC2)c2nonc12. The molecule has 1 unspecified atom stereocenters. The predicted octanol–water partition coefficient (Wildman–Crippen LogP) is 1.72. The minimum Gasteiger partial charge on any atom is -0.397 e. The molecule has 0 aliphatic carbocycles. The van der Waals surface area contributed by atoms with Crippen LogP contribution in [0.5, 0.6) is 0 Å². The number of nitrogens with zero attached hydrogens (tertiary/aromatic N) is 2. The zero-order chi connectivity index (χ0) is 11.0. The predicted molar refractivity (Wildman–Crippen MR) is 65.6 cm³/mol. The third kappa shape index (κ3) is 1.59. The van der Waals surface area contributed by atoms with Gasteiger partial charge in [0.15, 0.2) is 11.0 Å². The first-order valence-corrected chi connectivity index (χ1v) is 6.35. The average molecular weight is 236 g/mol. The molecule has 1 atom stereocenters. The van der Waals surface area contributed by atoms with E-state index in [2.05, 4.69) is 15.6 Å². The number of rotatable bonds is 2. The van der Waals surface area contributed by atoms with E-state index in [0.717, 1.165) is 17.0 Å². The number of thioether (sulfide) groups is 1. The molecular weight excluding hydrogens is 224 g/mol. The van der Waals surface area contributed by atoms with E-state index < -0.39 is 0 Å². The number of hydrogen-bond acceptors (Lipinski definition) is 6. The summed E-state index contributed by atoms with van der Waals surface area (Å²) in [5, 5.41) is 11.1. The van der Waals surface area contributed by atoms with Gasteiger partial charge >= 0.3 is 0 Å². The lowest BCUT2D eigenvalue weighted by Gasteiger charge is -2.12. The van der Waals surface area contributed by atoms with Gasteiger partial charge in [-0.3, -0.25) is 0 Å². The molecule has 1 aromatic heterocycles. The van der Waals surface area contributed by atoms with Crippen LogP contribution >= 0.6 is 11.8 Å². The molecule has 3 N–H and O–H groups in total. The average Bonchev–Trinajstić information content (AvgIpc) is 2.92. The summed E-state index contributed by atoms with van der Waals surface area (Å²) in [7, 11) is 0. The highest BCUT2D eigenvalue weighted by molar-refractivity contribution is 7.99. The lowest BCUT2D eigenvalue weighted by Crippen LogP contribution is -2.18. The van der Waals surface area contributed by atoms with Gasteiger partial charge in [0.1, 0.15) is 0 Å². The number of hydrogen-bond donors (Lipinski definition) is 2. The minimum absolute atomic E-state index is 0.508. The van der Waals surface area contributed by atoms with Crippen LogP contribution in [-0.2, 0) is 0 Å². The Morgan fingerprint density at radius 1 is 1.38 bits per heavy atom. The molecule has 0 amide bonds. The Bertz CT molecular complexity index is 506. The Kier molecular flexibility index (Phi) is 2.36. The smallest absolute Gasteiger partial charge is 0.160 e. The summed E-state index contributed by atoms with van der Waals surface area (Å²) < 4.78 is 4.73. The van der Waals surface area contributed by atoms with Gasteiger partial charge in [-0.05, 0) is 34.6 Å². The second kappa shape index (κ2) is 3.86. The number of nitrogens with two attached hydrogens (primary N) is 1. The molecule has 0 saturated carbocycles. The van der Waals surface area contributed by atoms with Crippen LogP contribution in [0.25, 0.3) is 11.0 Å². The van der Waals surface area contributed by atoms with E-state index in [4.69, 9.17) is 10.4 Å². The summed E-state index contributed by atoms with van der Waals surface area (Å²) in [5.41, 5.74) is 8.69. The summed E-state index contributed by atoms with van der Waals surface area (Å²) in [6.45, 7) is 0. The third-order valence-corrected chi connectivity index (χ3v) is 3.90. The summed E-state index contributed by atoms with van der Waals surface area (Å²) in [6.07, 6.45) is 1.18. The number of benzene rings is 1. The lowest BCUT2D eigenvalue weighted by molar-refractivity contribution is 0.315. The van der Waals surface area contributed by atoms with Gasteiger partial charge in [0.25, 0.3) is 0 Å². The second-order valence-electron chi connectivity index (χ2n) is 3.87. The molecule has 2 heterocycles. The van der Waals surface area contributed by atoms with Gasteiger partial charge in [-0.15, -0.1) is 0 Å². The molecule has 0 radical (unpaired) electrons. The van der Waals surface area contributed by atoms with Gasteiger partial charge in [-0.2, -0.15) is 11.8 Å².